The SMILES string of the molecule is CC(CCl)N(C)c1ccc2n[nH]c(=O)n2n1. The molecule has 0 aliphatic carbocycles. The summed E-state index contributed by atoms with van der Waals surface area (Å²) in [6, 6.07) is 3.69. The molecule has 0 aliphatic rings. The fourth-order valence-corrected chi connectivity index (χ4v) is 1.52. The van der Waals surface area contributed by atoms with E-state index in [1.807, 2.05) is 18.9 Å². The van der Waals surface area contributed by atoms with E-state index in [0.717, 1.165) is 0 Å². The molecule has 0 saturated heterocycles. The van der Waals surface area contributed by atoms with E-state index in [1.54, 1.807) is 12.1 Å². The number of nitrogens with zero attached hydrogens (tertiary/aromatic N) is 4. The highest BCUT2D eigenvalue weighted by Crippen LogP contribution is 2.12. The Morgan fingerprint density at radius 1 is 1.62 bits per heavy atom. The normalized spacial score (nSPS) is 12.9. The predicted molar refractivity (Wildman–Crippen MR) is 62.2 cm³/mol. The lowest BCUT2D eigenvalue weighted by Crippen LogP contribution is -2.31. The molecule has 0 saturated carbocycles. The number of rotatable bonds is 3. The van der Waals surface area contributed by atoms with Crippen LogP contribution < -0.4 is 10.6 Å². The molecule has 0 spiro atoms. The molecule has 7 heteroatoms. The first-order valence-electron chi connectivity index (χ1n) is 4.86. The van der Waals surface area contributed by atoms with Crippen molar-refractivity contribution < 1.29 is 0 Å². The number of alkyl halides is 1. The monoisotopic (exact) mass is 241 g/mol. The van der Waals surface area contributed by atoms with Gasteiger partial charge in [-0.1, -0.05) is 0 Å². The van der Waals surface area contributed by atoms with Gasteiger partial charge >= 0.3 is 5.69 Å². The van der Waals surface area contributed by atoms with E-state index in [2.05, 4.69) is 15.3 Å². The van der Waals surface area contributed by atoms with Crippen molar-refractivity contribution in [3.05, 3.63) is 22.6 Å². The highest BCUT2D eigenvalue weighted by molar-refractivity contribution is 6.18. The zero-order valence-electron chi connectivity index (χ0n) is 9.01. The van der Waals surface area contributed by atoms with Crippen LogP contribution in [0.1, 0.15) is 6.92 Å². The highest BCUT2D eigenvalue weighted by Gasteiger charge is 2.11. The Bertz CT molecular complexity index is 548. The second kappa shape index (κ2) is 4.13. The van der Waals surface area contributed by atoms with Gasteiger partial charge in [0.1, 0.15) is 5.82 Å². The Kier molecular flexibility index (Phi) is 2.82. The van der Waals surface area contributed by atoms with E-state index in [9.17, 15) is 4.79 Å². The van der Waals surface area contributed by atoms with Crippen LogP contribution in [0.3, 0.4) is 0 Å². The van der Waals surface area contributed by atoms with Gasteiger partial charge in [-0.2, -0.15) is 9.61 Å². The van der Waals surface area contributed by atoms with Gasteiger partial charge in [0.15, 0.2) is 5.65 Å². The van der Waals surface area contributed by atoms with Crippen LogP contribution in [0.4, 0.5) is 5.82 Å². The smallest absolute Gasteiger partial charge is 0.354 e. The van der Waals surface area contributed by atoms with Crippen molar-refractivity contribution in [2.45, 2.75) is 13.0 Å². The minimum Gasteiger partial charge on any atom is -0.354 e. The van der Waals surface area contributed by atoms with E-state index >= 15 is 0 Å². The predicted octanol–water partition coefficient (Wildman–Crippen LogP) is 0.481. The molecular formula is C9H12ClN5O. The van der Waals surface area contributed by atoms with Gasteiger partial charge in [0.2, 0.25) is 0 Å². The maximum Gasteiger partial charge on any atom is 0.364 e. The lowest BCUT2D eigenvalue weighted by Gasteiger charge is -2.23. The Hall–Kier alpha value is -1.56. The second-order valence-electron chi connectivity index (χ2n) is 3.60. The summed E-state index contributed by atoms with van der Waals surface area (Å²) in [4.78, 5) is 13.2. The summed E-state index contributed by atoms with van der Waals surface area (Å²) in [7, 11) is 1.88. The van der Waals surface area contributed by atoms with Crippen molar-refractivity contribution in [3.8, 4) is 0 Å². The third-order valence-corrected chi connectivity index (χ3v) is 2.95. The fourth-order valence-electron chi connectivity index (χ4n) is 1.31. The number of aromatic nitrogens is 4. The van der Waals surface area contributed by atoms with Crippen LogP contribution in [-0.2, 0) is 0 Å². The van der Waals surface area contributed by atoms with Crippen molar-refractivity contribution in [2.75, 3.05) is 17.8 Å². The molecule has 2 rings (SSSR count). The average molecular weight is 242 g/mol. The lowest BCUT2D eigenvalue weighted by molar-refractivity contribution is 0.729. The third-order valence-electron chi connectivity index (χ3n) is 2.51. The number of hydrogen-bond donors (Lipinski definition) is 1. The molecule has 2 aromatic heterocycles. The molecule has 0 radical (unpaired) electrons. The van der Waals surface area contributed by atoms with E-state index in [4.69, 9.17) is 11.6 Å². The zero-order valence-corrected chi connectivity index (χ0v) is 9.77. The van der Waals surface area contributed by atoms with Gasteiger partial charge in [0, 0.05) is 19.0 Å². The number of anilines is 1. The molecule has 2 aromatic rings. The molecule has 0 fully saturated rings. The number of fused-ring (bicyclic) bond motifs is 1. The average Bonchev–Trinajstić information content (AvgIpc) is 2.68. The van der Waals surface area contributed by atoms with Crippen LogP contribution >= 0.6 is 11.6 Å². The largest absolute Gasteiger partial charge is 0.364 e. The van der Waals surface area contributed by atoms with Crippen LogP contribution in [-0.4, -0.2) is 38.8 Å². The number of nitrogens with one attached hydrogen (secondary N) is 1. The minimum absolute atomic E-state index is 0.147. The summed E-state index contributed by atoms with van der Waals surface area (Å²) < 4.78 is 1.23. The summed E-state index contributed by atoms with van der Waals surface area (Å²) in [5, 5.41) is 10.3. The van der Waals surface area contributed by atoms with Crippen LogP contribution in [0.5, 0.6) is 0 Å². The summed E-state index contributed by atoms with van der Waals surface area (Å²) in [5.41, 5.74) is 0.157. The molecular weight excluding hydrogens is 230 g/mol. The summed E-state index contributed by atoms with van der Waals surface area (Å²) in [6.45, 7) is 1.98. The summed E-state index contributed by atoms with van der Waals surface area (Å²) >= 11 is 5.77. The van der Waals surface area contributed by atoms with Gasteiger partial charge < -0.3 is 4.90 Å². The van der Waals surface area contributed by atoms with Gasteiger partial charge in [-0.3, -0.25) is 0 Å². The minimum atomic E-state index is -0.344. The molecule has 0 bridgehead atoms. The van der Waals surface area contributed by atoms with Gasteiger partial charge in [-0.05, 0) is 19.1 Å². The molecule has 0 aliphatic heterocycles. The number of halogens is 1. The van der Waals surface area contributed by atoms with Gasteiger partial charge in [-0.15, -0.1) is 16.7 Å². The maximum atomic E-state index is 11.3. The maximum absolute atomic E-state index is 11.3. The van der Waals surface area contributed by atoms with Crippen LogP contribution in [0.15, 0.2) is 16.9 Å². The Labute approximate surface area is 96.8 Å². The van der Waals surface area contributed by atoms with E-state index < -0.39 is 0 Å². The molecule has 1 N–H and O–H groups in total. The molecule has 1 atom stereocenters. The standard InChI is InChI=1S/C9H12ClN5O/c1-6(5-10)14(2)8-4-3-7-11-12-9(16)15(7)13-8/h3-4,6H,5H2,1-2H3,(H,12,16). The first kappa shape index (κ1) is 10.9. The van der Waals surface area contributed by atoms with E-state index in [1.165, 1.54) is 4.52 Å². The molecule has 86 valence electrons. The molecule has 0 aromatic carbocycles. The first-order valence-corrected chi connectivity index (χ1v) is 5.40. The topological polar surface area (TPSA) is 66.3 Å². The first-order chi connectivity index (χ1) is 7.63. The van der Waals surface area contributed by atoms with Crippen LogP contribution in [0.2, 0.25) is 0 Å². The Balaban J connectivity index is 2.46. The molecule has 0 amide bonds. The molecule has 2 heterocycles. The summed E-state index contributed by atoms with van der Waals surface area (Å²) in [5.74, 6) is 1.18. The van der Waals surface area contributed by atoms with E-state index in [0.29, 0.717) is 17.3 Å². The number of hydrogen-bond acceptors (Lipinski definition) is 4. The summed E-state index contributed by atoms with van der Waals surface area (Å²) in [6.07, 6.45) is 0. The zero-order chi connectivity index (χ0) is 11.7. The third kappa shape index (κ3) is 1.76. The Morgan fingerprint density at radius 2 is 2.38 bits per heavy atom. The Morgan fingerprint density at radius 3 is 3.06 bits per heavy atom. The molecule has 16 heavy (non-hydrogen) atoms. The van der Waals surface area contributed by atoms with E-state index in [-0.39, 0.29) is 11.7 Å². The lowest BCUT2D eigenvalue weighted by atomic mass is 10.3. The van der Waals surface area contributed by atoms with Crippen molar-refractivity contribution in [2.24, 2.45) is 0 Å². The van der Waals surface area contributed by atoms with Crippen molar-refractivity contribution >= 4 is 23.1 Å². The molecule has 1 unspecified atom stereocenters. The van der Waals surface area contributed by atoms with Crippen molar-refractivity contribution in [3.63, 3.8) is 0 Å². The van der Waals surface area contributed by atoms with Gasteiger partial charge in [0.05, 0.1) is 0 Å². The van der Waals surface area contributed by atoms with Crippen molar-refractivity contribution in [1.29, 1.82) is 0 Å². The van der Waals surface area contributed by atoms with Crippen LogP contribution in [0.25, 0.3) is 5.65 Å². The highest BCUT2D eigenvalue weighted by atomic mass is 35.5. The van der Waals surface area contributed by atoms with Gasteiger partial charge in [0.25, 0.3) is 0 Å². The number of aromatic amines is 1. The number of H-pyrrole nitrogens is 1. The van der Waals surface area contributed by atoms with Crippen molar-refractivity contribution in [1.82, 2.24) is 19.8 Å². The second-order valence-corrected chi connectivity index (χ2v) is 3.91. The van der Waals surface area contributed by atoms with Crippen LogP contribution in [0, 0.1) is 0 Å². The van der Waals surface area contributed by atoms with Gasteiger partial charge in [-0.25, -0.2) is 9.89 Å². The molecule has 6 nitrogen and oxygen atoms in total. The fraction of sp³-hybridized carbons (Fsp3) is 0.444. The quantitative estimate of drug-likeness (QED) is 0.794.